The molecule has 0 N–H and O–H groups in total. The van der Waals surface area contributed by atoms with Crippen molar-refractivity contribution < 1.29 is 26.7 Å². The van der Waals surface area contributed by atoms with Crippen LogP contribution in [0.1, 0.15) is 40.4 Å². The van der Waals surface area contributed by atoms with Crippen LogP contribution in [0.4, 0.5) is 22.0 Å². The van der Waals surface area contributed by atoms with Gasteiger partial charge in [-0.15, -0.1) is 0 Å². The summed E-state index contributed by atoms with van der Waals surface area (Å²) in [6, 6.07) is 1.16. The first-order valence-corrected chi connectivity index (χ1v) is 10.7. The van der Waals surface area contributed by atoms with Gasteiger partial charge in [0.05, 0.1) is 40.1 Å². The number of fused-ring (bicyclic) bond motifs is 2. The molecule has 0 spiro atoms. The Hall–Kier alpha value is -3.77. The number of alkyl halides is 3. The van der Waals surface area contributed by atoms with Crippen LogP contribution in [0.5, 0.6) is 0 Å². The first-order chi connectivity index (χ1) is 16.4. The summed E-state index contributed by atoms with van der Waals surface area (Å²) < 4.78 is 72.8. The second kappa shape index (κ2) is 7.62. The minimum absolute atomic E-state index is 0.0937. The van der Waals surface area contributed by atoms with Crippen LogP contribution in [-0.2, 0) is 33.7 Å². The number of rotatable bonds is 2. The van der Waals surface area contributed by atoms with E-state index in [1.807, 2.05) is 0 Å². The van der Waals surface area contributed by atoms with Crippen LogP contribution < -0.4 is 0 Å². The minimum Gasteiger partial charge on any atom is -0.328 e. The molecule has 1 aromatic carbocycles. The number of carbonyl (C=O) groups is 1. The standard InChI is InChI=1S/C22H20F5N7O/c1-10-17-12(19(32(3)29-17)13-9-28-33(4)20(13)22(25,26)27)5-6-34(10)21(35)18-16-14(24)7-11(23)8-15(16)31(2)30-18/h7-10H,5-6H2,1-4H3/t10-/m0/s1. The Balaban J connectivity index is 1.56. The topological polar surface area (TPSA) is 73.8 Å². The molecule has 0 saturated carbocycles. The third-order valence-corrected chi connectivity index (χ3v) is 6.44. The quantitative estimate of drug-likeness (QED) is 0.399. The Morgan fingerprint density at radius 1 is 1.06 bits per heavy atom. The van der Waals surface area contributed by atoms with Gasteiger partial charge < -0.3 is 4.90 Å². The fourth-order valence-electron chi connectivity index (χ4n) is 4.89. The maximum atomic E-state index is 14.6. The van der Waals surface area contributed by atoms with Gasteiger partial charge >= 0.3 is 6.18 Å². The molecule has 0 unspecified atom stereocenters. The molecule has 0 saturated heterocycles. The molecule has 1 aliphatic rings. The maximum Gasteiger partial charge on any atom is 0.433 e. The molecule has 184 valence electrons. The van der Waals surface area contributed by atoms with Crippen molar-refractivity contribution in [2.24, 2.45) is 21.1 Å². The lowest BCUT2D eigenvalue weighted by molar-refractivity contribution is -0.143. The molecule has 0 aliphatic carbocycles. The number of nitrogens with zero attached hydrogens (tertiary/aromatic N) is 7. The van der Waals surface area contributed by atoms with Gasteiger partial charge in [-0.25, -0.2) is 8.78 Å². The van der Waals surface area contributed by atoms with Crippen LogP contribution in [0.15, 0.2) is 18.3 Å². The SMILES string of the molecule is C[C@H]1c2nn(C)c(-c3cnn(C)c3C(F)(F)F)c2CCN1C(=O)c1nn(C)c2cc(F)cc(F)c12. The maximum absolute atomic E-state index is 14.6. The van der Waals surface area contributed by atoms with E-state index in [2.05, 4.69) is 15.3 Å². The van der Waals surface area contributed by atoms with Crippen molar-refractivity contribution in [3.05, 3.63) is 52.6 Å². The van der Waals surface area contributed by atoms with Gasteiger partial charge in [-0.05, 0) is 19.4 Å². The van der Waals surface area contributed by atoms with Crippen LogP contribution in [-0.4, -0.2) is 46.7 Å². The molecule has 35 heavy (non-hydrogen) atoms. The van der Waals surface area contributed by atoms with E-state index in [9.17, 15) is 26.7 Å². The number of halogens is 5. The average Bonchev–Trinajstić information content (AvgIpc) is 3.41. The molecule has 3 aromatic heterocycles. The number of hydrogen-bond donors (Lipinski definition) is 0. The highest BCUT2D eigenvalue weighted by atomic mass is 19.4. The number of hydrogen-bond acceptors (Lipinski definition) is 4. The zero-order valence-corrected chi connectivity index (χ0v) is 19.2. The number of aromatic nitrogens is 6. The summed E-state index contributed by atoms with van der Waals surface area (Å²) in [7, 11) is 4.24. The fraction of sp³-hybridized carbons (Fsp3) is 0.364. The molecule has 0 fully saturated rings. The lowest BCUT2D eigenvalue weighted by Gasteiger charge is -2.32. The molecule has 4 aromatic rings. The summed E-state index contributed by atoms with van der Waals surface area (Å²) in [5.74, 6) is -2.27. The summed E-state index contributed by atoms with van der Waals surface area (Å²) in [6.07, 6.45) is -3.24. The second-order valence-electron chi connectivity index (χ2n) is 8.54. The number of amides is 1. The van der Waals surface area contributed by atoms with Crippen LogP contribution in [0.25, 0.3) is 22.2 Å². The zero-order chi connectivity index (χ0) is 25.4. The lowest BCUT2D eigenvalue weighted by Crippen LogP contribution is -2.39. The van der Waals surface area contributed by atoms with Gasteiger partial charge in [0.15, 0.2) is 11.4 Å². The zero-order valence-electron chi connectivity index (χ0n) is 19.2. The first kappa shape index (κ1) is 23.0. The molecule has 1 atom stereocenters. The van der Waals surface area contributed by atoms with Gasteiger partial charge in [-0.1, -0.05) is 0 Å². The molecule has 0 bridgehead atoms. The van der Waals surface area contributed by atoms with E-state index in [4.69, 9.17) is 0 Å². The molecule has 8 nitrogen and oxygen atoms in total. The van der Waals surface area contributed by atoms with Gasteiger partial charge in [0, 0.05) is 39.3 Å². The Morgan fingerprint density at radius 2 is 1.77 bits per heavy atom. The monoisotopic (exact) mass is 493 g/mol. The van der Waals surface area contributed by atoms with E-state index < -0.39 is 35.5 Å². The van der Waals surface area contributed by atoms with E-state index in [-0.39, 0.29) is 40.8 Å². The van der Waals surface area contributed by atoms with Crippen LogP contribution in [0.3, 0.4) is 0 Å². The Kier molecular flexibility index (Phi) is 5.00. The summed E-state index contributed by atoms with van der Waals surface area (Å²) >= 11 is 0. The molecule has 1 amide bonds. The van der Waals surface area contributed by atoms with E-state index in [1.54, 1.807) is 6.92 Å². The Bertz CT molecular complexity index is 1500. The van der Waals surface area contributed by atoms with Gasteiger partial charge in [-0.3, -0.25) is 18.8 Å². The highest BCUT2D eigenvalue weighted by Crippen LogP contribution is 2.41. The lowest BCUT2D eigenvalue weighted by atomic mass is 9.95. The number of aryl methyl sites for hydroxylation is 3. The fourth-order valence-corrected chi connectivity index (χ4v) is 4.89. The second-order valence-corrected chi connectivity index (χ2v) is 8.54. The van der Waals surface area contributed by atoms with Crippen molar-refractivity contribution >= 4 is 16.8 Å². The van der Waals surface area contributed by atoms with E-state index in [1.165, 1.54) is 35.4 Å². The number of benzene rings is 1. The van der Waals surface area contributed by atoms with E-state index in [0.29, 0.717) is 17.3 Å². The van der Waals surface area contributed by atoms with Crippen LogP contribution >= 0.6 is 0 Å². The van der Waals surface area contributed by atoms with Gasteiger partial charge in [0.1, 0.15) is 11.6 Å². The predicted octanol–water partition coefficient (Wildman–Crippen LogP) is 3.76. The molecular formula is C22H20F5N7O. The van der Waals surface area contributed by atoms with Crippen molar-refractivity contribution in [2.75, 3.05) is 6.54 Å². The average molecular weight is 493 g/mol. The highest BCUT2D eigenvalue weighted by molar-refractivity contribution is 6.05. The van der Waals surface area contributed by atoms with Gasteiger partial charge in [-0.2, -0.15) is 28.5 Å². The molecule has 0 radical (unpaired) electrons. The molecule has 13 heteroatoms. The smallest absolute Gasteiger partial charge is 0.328 e. The number of carbonyl (C=O) groups excluding carboxylic acids is 1. The Morgan fingerprint density at radius 3 is 2.46 bits per heavy atom. The molecule has 5 rings (SSSR count). The summed E-state index contributed by atoms with van der Waals surface area (Å²) in [6.45, 7) is 1.84. The largest absolute Gasteiger partial charge is 0.433 e. The van der Waals surface area contributed by atoms with Crippen LogP contribution in [0, 0.1) is 11.6 Å². The van der Waals surface area contributed by atoms with Crippen molar-refractivity contribution in [1.29, 1.82) is 0 Å². The predicted molar refractivity (Wildman–Crippen MR) is 114 cm³/mol. The van der Waals surface area contributed by atoms with Gasteiger partial charge in [0.25, 0.3) is 5.91 Å². The third-order valence-electron chi connectivity index (χ3n) is 6.44. The minimum atomic E-state index is -4.62. The van der Waals surface area contributed by atoms with Crippen LogP contribution in [0.2, 0.25) is 0 Å². The van der Waals surface area contributed by atoms with Crippen molar-refractivity contribution in [2.45, 2.75) is 25.6 Å². The first-order valence-electron chi connectivity index (χ1n) is 10.7. The summed E-state index contributed by atoms with van der Waals surface area (Å²) in [4.78, 5) is 14.9. The van der Waals surface area contributed by atoms with E-state index in [0.717, 1.165) is 16.9 Å². The third kappa shape index (κ3) is 3.40. The van der Waals surface area contributed by atoms with E-state index >= 15 is 0 Å². The van der Waals surface area contributed by atoms with Crippen molar-refractivity contribution in [3.63, 3.8) is 0 Å². The summed E-state index contributed by atoms with van der Waals surface area (Å²) in [5, 5.41) is 12.3. The van der Waals surface area contributed by atoms with Gasteiger partial charge in [0.2, 0.25) is 0 Å². The normalized spacial score (nSPS) is 16.3. The van der Waals surface area contributed by atoms with Crippen molar-refractivity contribution in [1.82, 2.24) is 34.2 Å². The molecule has 1 aliphatic heterocycles. The highest BCUT2D eigenvalue weighted by Gasteiger charge is 2.41. The van der Waals surface area contributed by atoms with Crippen molar-refractivity contribution in [3.8, 4) is 11.3 Å². The Labute approximate surface area is 195 Å². The molecular weight excluding hydrogens is 473 g/mol. The molecule has 4 heterocycles. The summed E-state index contributed by atoms with van der Waals surface area (Å²) in [5.41, 5.74) is 0.280.